The van der Waals surface area contributed by atoms with E-state index in [4.69, 9.17) is 10.9 Å². The Balaban J connectivity index is 2.24. The third kappa shape index (κ3) is 5.29. The van der Waals surface area contributed by atoms with Crippen LogP contribution in [0, 0.1) is 5.41 Å². The van der Waals surface area contributed by atoms with Crippen molar-refractivity contribution in [2.75, 3.05) is 33.7 Å². The Kier molecular flexibility index (Phi) is 6.76. The van der Waals surface area contributed by atoms with Crippen LogP contribution in [0.15, 0.2) is 5.16 Å². The fourth-order valence-electron chi connectivity index (χ4n) is 2.82. The number of hydrogen-bond donors (Lipinski definition) is 2. The lowest BCUT2D eigenvalue weighted by Crippen LogP contribution is -2.45. The number of amidine groups is 1. The van der Waals surface area contributed by atoms with E-state index in [1.165, 1.54) is 32.4 Å². The summed E-state index contributed by atoms with van der Waals surface area (Å²) in [5.74, 6) is 0.336. The zero-order valence-corrected chi connectivity index (χ0v) is 13.6. The first kappa shape index (κ1) is 17.2. The molecule has 1 aliphatic rings. The predicted octanol–water partition coefficient (Wildman–Crippen LogP) is 1.96. The fourth-order valence-corrected chi connectivity index (χ4v) is 2.82. The second-order valence-electron chi connectivity index (χ2n) is 6.89. The highest BCUT2D eigenvalue weighted by molar-refractivity contribution is 5.85. The highest BCUT2D eigenvalue weighted by Gasteiger charge is 2.24. The number of oxime groups is 1. The van der Waals surface area contributed by atoms with Crippen molar-refractivity contribution in [2.45, 2.75) is 52.0 Å². The van der Waals surface area contributed by atoms with Gasteiger partial charge in [0.25, 0.3) is 0 Å². The highest BCUT2D eigenvalue weighted by atomic mass is 16.4. The molecule has 20 heavy (non-hydrogen) atoms. The lowest BCUT2D eigenvalue weighted by Gasteiger charge is -2.36. The van der Waals surface area contributed by atoms with Crippen LogP contribution < -0.4 is 5.73 Å². The average molecular weight is 284 g/mol. The molecule has 3 N–H and O–H groups in total. The van der Waals surface area contributed by atoms with Crippen molar-refractivity contribution < 1.29 is 5.21 Å². The Morgan fingerprint density at radius 2 is 2.10 bits per heavy atom. The maximum atomic E-state index is 8.76. The molecule has 1 saturated heterocycles. The van der Waals surface area contributed by atoms with Crippen LogP contribution in [0.5, 0.6) is 0 Å². The molecule has 5 nitrogen and oxygen atoms in total. The second kappa shape index (κ2) is 7.84. The van der Waals surface area contributed by atoms with Gasteiger partial charge in [-0.2, -0.15) is 0 Å². The van der Waals surface area contributed by atoms with E-state index in [9.17, 15) is 0 Å². The lowest BCUT2D eigenvalue weighted by molar-refractivity contribution is 0.131. The summed E-state index contributed by atoms with van der Waals surface area (Å²) in [7, 11) is 4.35. The maximum absolute atomic E-state index is 8.76. The maximum Gasteiger partial charge on any atom is 0.144 e. The van der Waals surface area contributed by atoms with Crippen molar-refractivity contribution in [2.24, 2.45) is 16.3 Å². The standard InChI is InChI=1S/C15H32N4O/c1-15(2,14(16)17-20)9-5-6-10-19-11-7-8-13(12-19)18(3)4/h13,20H,5-12H2,1-4H3,(H2,16,17). The molecule has 0 bridgehead atoms. The Labute approximate surface area is 123 Å². The van der Waals surface area contributed by atoms with Crippen molar-refractivity contribution >= 4 is 5.84 Å². The van der Waals surface area contributed by atoms with Crippen molar-refractivity contribution in [3.63, 3.8) is 0 Å². The van der Waals surface area contributed by atoms with Crippen molar-refractivity contribution in [3.05, 3.63) is 0 Å². The monoisotopic (exact) mass is 284 g/mol. The van der Waals surface area contributed by atoms with Gasteiger partial charge in [0.2, 0.25) is 0 Å². The molecule has 0 spiro atoms. The molecule has 5 heteroatoms. The quantitative estimate of drug-likeness (QED) is 0.247. The largest absolute Gasteiger partial charge is 0.409 e. The van der Waals surface area contributed by atoms with E-state index in [0.717, 1.165) is 19.4 Å². The summed E-state index contributed by atoms with van der Waals surface area (Å²) in [6, 6.07) is 0.706. The van der Waals surface area contributed by atoms with Gasteiger partial charge in [0.05, 0.1) is 0 Å². The molecule has 0 aromatic carbocycles. The lowest BCUT2D eigenvalue weighted by atomic mass is 9.86. The van der Waals surface area contributed by atoms with E-state index in [2.05, 4.69) is 29.1 Å². The molecule has 1 rings (SSSR count). The average Bonchev–Trinajstić information content (AvgIpc) is 2.43. The Morgan fingerprint density at radius 3 is 2.70 bits per heavy atom. The molecule has 1 unspecified atom stereocenters. The van der Waals surface area contributed by atoms with E-state index in [1.54, 1.807) is 0 Å². The van der Waals surface area contributed by atoms with E-state index >= 15 is 0 Å². The van der Waals surface area contributed by atoms with E-state index < -0.39 is 0 Å². The molecule has 118 valence electrons. The summed E-state index contributed by atoms with van der Waals surface area (Å²) in [6.07, 6.45) is 5.89. The minimum absolute atomic E-state index is 0.206. The molecule has 0 saturated carbocycles. The molecular formula is C15H32N4O. The van der Waals surface area contributed by atoms with Gasteiger partial charge in [-0.3, -0.25) is 0 Å². The van der Waals surface area contributed by atoms with Gasteiger partial charge >= 0.3 is 0 Å². The predicted molar refractivity (Wildman–Crippen MR) is 84.2 cm³/mol. The number of nitrogens with two attached hydrogens (primary N) is 1. The van der Waals surface area contributed by atoms with E-state index in [-0.39, 0.29) is 5.41 Å². The Bertz CT molecular complexity index is 315. The molecule has 0 radical (unpaired) electrons. The van der Waals surface area contributed by atoms with Gasteiger partial charge in [0.15, 0.2) is 0 Å². The number of likely N-dealkylation sites (tertiary alicyclic amines) is 1. The normalized spacial score (nSPS) is 22.4. The molecule has 0 aromatic rings. The molecule has 1 fully saturated rings. The summed E-state index contributed by atoms with van der Waals surface area (Å²) in [5.41, 5.74) is 5.51. The van der Waals surface area contributed by atoms with Crippen LogP contribution in [0.3, 0.4) is 0 Å². The van der Waals surface area contributed by atoms with Crippen LogP contribution >= 0.6 is 0 Å². The van der Waals surface area contributed by atoms with Gasteiger partial charge in [-0.15, -0.1) is 0 Å². The van der Waals surface area contributed by atoms with Crippen LogP contribution in [0.1, 0.15) is 46.0 Å². The molecule has 0 aliphatic carbocycles. The zero-order chi connectivity index (χ0) is 15.2. The second-order valence-corrected chi connectivity index (χ2v) is 6.89. The number of nitrogens with zero attached hydrogens (tertiary/aromatic N) is 3. The van der Waals surface area contributed by atoms with Gasteiger partial charge in [0.1, 0.15) is 5.84 Å². The molecule has 1 heterocycles. The number of piperidine rings is 1. The minimum Gasteiger partial charge on any atom is -0.409 e. The molecule has 0 aromatic heterocycles. The van der Waals surface area contributed by atoms with Crippen LogP contribution in [0.25, 0.3) is 0 Å². The van der Waals surface area contributed by atoms with Gasteiger partial charge in [0, 0.05) is 18.0 Å². The Morgan fingerprint density at radius 1 is 1.40 bits per heavy atom. The number of likely N-dealkylation sites (N-methyl/N-ethyl adjacent to an activating group) is 1. The van der Waals surface area contributed by atoms with E-state index in [0.29, 0.717) is 11.9 Å². The van der Waals surface area contributed by atoms with Crippen molar-refractivity contribution in [1.29, 1.82) is 0 Å². The number of hydrogen-bond acceptors (Lipinski definition) is 4. The first-order chi connectivity index (χ1) is 9.36. The first-order valence-electron chi connectivity index (χ1n) is 7.73. The summed E-state index contributed by atoms with van der Waals surface area (Å²) in [4.78, 5) is 4.92. The molecule has 1 atom stereocenters. The fraction of sp³-hybridized carbons (Fsp3) is 0.933. The van der Waals surface area contributed by atoms with Crippen LogP contribution in [-0.2, 0) is 0 Å². The number of rotatable bonds is 7. The smallest absolute Gasteiger partial charge is 0.144 e. The summed E-state index contributed by atoms with van der Waals surface area (Å²) in [6.45, 7) is 7.65. The molecule has 0 amide bonds. The van der Waals surface area contributed by atoms with Crippen LogP contribution in [0.2, 0.25) is 0 Å². The van der Waals surface area contributed by atoms with Gasteiger partial charge in [-0.25, -0.2) is 0 Å². The van der Waals surface area contributed by atoms with Crippen molar-refractivity contribution in [1.82, 2.24) is 9.80 Å². The highest BCUT2D eigenvalue weighted by Crippen LogP contribution is 2.23. The van der Waals surface area contributed by atoms with Crippen LogP contribution in [0.4, 0.5) is 0 Å². The number of unbranched alkanes of at least 4 members (excludes halogenated alkanes) is 1. The van der Waals surface area contributed by atoms with E-state index in [1.807, 2.05) is 13.8 Å². The Hall–Kier alpha value is -0.810. The molecule has 1 aliphatic heterocycles. The molecular weight excluding hydrogens is 252 g/mol. The first-order valence-corrected chi connectivity index (χ1v) is 7.73. The summed E-state index contributed by atoms with van der Waals surface area (Å²) >= 11 is 0. The van der Waals surface area contributed by atoms with Gasteiger partial charge in [-0.1, -0.05) is 25.4 Å². The summed E-state index contributed by atoms with van der Waals surface area (Å²) in [5, 5.41) is 11.9. The van der Waals surface area contributed by atoms with Gasteiger partial charge in [-0.05, 0) is 52.9 Å². The SMILES string of the molecule is CN(C)C1CCCN(CCCCC(C)(C)C(N)=NO)C1. The van der Waals surface area contributed by atoms with Crippen LogP contribution in [-0.4, -0.2) is 60.6 Å². The van der Waals surface area contributed by atoms with Crippen molar-refractivity contribution in [3.8, 4) is 0 Å². The minimum atomic E-state index is -0.206. The zero-order valence-electron chi connectivity index (χ0n) is 13.6. The van der Waals surface area contributed by atoms with Gasteiger partial charge < -0.3 is 20.7 Å². The third-order valence-corrected chi connectivity index (χ3v) is 4.54. The topological polar surface area (TPSA) is 65.1 Å². The summed E-state index contributed by atoms with van der Waals surface area (Å²) < 4.78 is 0. The third-order valence-electron chi connectivity index (χ3n) is 4.54.